The van der Waals surface area contributed by atoms with Gasteiger partial charge >= 0.3 is 18.5 Å². The summed E-state index contributed by atoms with van der Waals surface area (Å²) in [5.74, 6) is 9.18. The van der Waals surface area contributed by atoms with E-state index < -0.39 is 24.1 Å². The summed E-state index contributed by atoms with van der Waals surface area (Å²) in [5, 5.41) is 2.27. The molecule has 3 amide bonds. The number of urea groups is 1. The highest BCUT2D eigenvalue weighted by atomic mass is 19.4. The Kier molecular flexibility index (Phi) is 8.50. The predicted octanol–water partition coefficient (Wildman–Crippen LogP) is 1.97. The van der Waals surface area contributed by atoms with E-state index in [2.05, 4.69) is 10.1 Å². The molecule has 0 atom stereocenters. The number of hydrogen-bond donors (Lipinski definition) is 5. The van der Waals surface area contributed by atoms with Crippen LogP contribution in [0.5, 0.6) is 5.75 Å². The van der Waals surface area contributed by atoms with Crippen LogP contribution in [0.3, 0.4) is 0 Å². The largest absolute Gasteiger partial charge is 0.573 e. The first-order valence-corrected chi connectivity index (χ1v) is 6.69. The third-order valence-electron chi connectivity index (χ3n) is 1.99. The third kappa shape index (κ3) is 12.4. The van der Waals surface area contributed by atoms with Gasteiger partial charge < -0.3 is 14.8 Å². The highest BCUT2D eigenvalue weighted by Gasteiger charge is 2.30. The lowest BCUT2D eigenvalue weighted by atomic mass is 10.2. The maximum absolute atomic E-state index is 11.8. The Bertz CT molecular complexity index is 558. The van der Waals surface area contributed by atoms with Gasteiger partial charge in [-0.05, 0) is 45.0 Å². The number of ether oxygens (including phenoxy) is 2. The summed E-state index contributed by atoms with van der Waals surface area (Å²) >= 11 is 0. The first-order chi connectivity index (χ1) is 11.4. The molecule has 0 bridgehead atoms. The minimum atomic E-state index is -4.73. The van der Waals surface area contributed by atoms with Crippen LogP contribution in [-0.4, -0.2) is 24.1 Å². The van der Waals surface area contributed by atoms with Crippen LogP contribution in [0.2, 0.25) is 0 Å². The average molecular weight is 367 g/mol. The van der Waals surface area contributed by atoms with Crippen LogP contribution >= 0.6 is 0 Å². The van der Waals surface area contributed by atoms with Gasteiger partial charge in [-0.2, -0.15) is 0 Å². The molecule has 0 unspecified atom stereocenters. The van der Waals surface area contributed by atoms with Crippen molar-refractivity contribution in [2.45, 2.75) is 32.7 Å². The molecular weight excluding hydrogens is 347 g/mol. The van der Waals surface area contributed by atoms with E-state index in [9.17, 15) is 22.8 Å². The monoisotopic (exact) mass is 367 g/mol. The van der Waals surface area contributed by atoms with Crippen molar-refractivity contribution < 1.29 is 32.2 Å². The van der Waals surface area contributed by atoms with Crippen molar-refractivity contribution in [2.75, 3.05) is 5.32 Å². The molecule has 0 saturated heterocycles. The van der Waals surface area contributed by atoms with E-state index in [1.165, 1.54) is 12.1 Å². The Balaban J connectivity index is 0.000000547. The zero-order valence-corrected chi connectivity index (χ0v) is 13.7. The van der Waals surface area contributed by atoms with Gasteiger partial charge in [-0.25, -0.2) is 21.3 Å². The van der Waals surface area contributed by atoms with Crippen LogP contribution in [-0.2, 0) is 4.74 Å². The second kappa shape index (κ2) is 9.54. The maximum atomic E-state index is 11.8. The molecule has 1 rings (SSSR count). The summed E-state index contributed by atoms with van der Waals surface area (Å²) < 4.78 is 43.7. The number of nitrogens with two attached hydrogens (primary N) is 2. The molecular formula is C13H20F3N5O4. The molecule has 0 aromatic heterocycles. The molecule has 0 aliphatic carbocycles. The van der Waals surface area contributed by atoms with Gasteiger partial charge in [0, 0.05) is 5.69 Å². The average Bonchev–Trinajstić information content (AvgIpc) is 2.46. The van der Waals surface area contributed by atoms with Crippen molar-refractivity contribution >= 4 is 17.8 Å². The van der Waals surface area contributed by atoms with Crippen molar-refractivity contribution in [1.29, 1.82) is 0 Å². The van der Waals surface area contributed by atoms with Crippen LogP contribution in [0, 0.1) is 0 Å². The number of amides is 3. The lowest BCUT2D eigenvalue weighted by Gasteiger charge is -2.18. The van der Waals surface area contributed by atoms with E-state index in [1.54, 1.807) is 26.2 Å². The van der Waals surface area contributed by atoms with E-state index >= 15 is 0 Å². The number of benzene rings is 1. The standard InChI is InChI=1S/C8H8F3N3O2.C5H12N2O2/c9-8(10,11)16-6-3-1-5(2-4-6)13-7(15)14-12;1-5(2,3)9-4(8)7-6/h1-4H,12H2,(H2,13,14,15);6H2,1-3H3,(H,7,8). The number of rotatable bonds is 2. The molecule has 0 saturated carbocycles. The van der Waals surface area contributed by atoms with Gasteiger partial charge in [-0.3, -0.25) is 10.9 Å². The fourth-order valence-corrected chi connectivity index (χ4v) is 1.21. The predicted molar refractivity (Wildman–Crippen MR) is 83.0 cm³/mol. The molecule has 25 heavy (non-hydrogen) atoms. The number of nitrogens with one attached hydrogen (secondary N) is 3. The van der Waals surface area contributed by atoms with E-state index in [4.69, 9.17) is 16.4 Å². The number of alkyl halides is 3. The van der Waals surface area contributed by atoms with Gasteiger partial charge in [-0.1, -0.05) is 0 Å². The van der Waals surface area contributed by atoms with Crippen LogP contribution in [0.15, 0.2) is 24.3 Å². The van der Waals surface area contributed by atoms with E-state index in [-0.39, 0.29) is 11.4 Å². The molecule has 0 aliphatic heterocycles. The van der Waals surface area contributed by atoms with Crippen molar-refractivity contribution in [1.82, 2.24) is 10.9 Å². The number of carbonyl (C=O) groups is 2. The number of carbonyl (C=O) groups excluding carboxylic acids is 2. The second-order valence-electron chi connectivity index (χ2n) is 5.32. The Labute approximate surface area is 141 Å². The SMILES string of the molecule is CC(C)(C)OC(=O)NN.NNC(=O)Nc1ccc(OC(F)(F)F)cc1. The summed E-state index contributed by atoms with van der Waals surface area (Å²) in [4.78, 5) is 21.1. The van der Waals surface area contributed by atoms with Gasteiger partial charge in [0.15, 0.2) is 0 Å². The molecule has 142 valence electrons. The van der Waals surface area contributed by atoms with Gasteiger partial charge in [0.05, 0.1) is 0 Å². The molecule has 12 heteroatoms. The number of hydrogen-bond acceptors (Lipinski definition) is 6. The summed E-state index contributed by atoms with van der Waals surface area (Å²) in [7, 11) is 0. The molecule has 0 heterocycles. The number of halogens is 3. The fourth-order valence-electron chi connectivity index (χ4n) is 1.21. The third-order valence-corrected chi connectivity index (χ3v) is 1.99. The van der Waals surface area contributed by atoms with Crippen molar-refractivity contribution in [3.8, 4) is 5.75 Å². The Morgan fingerprint density at radius 3 is 1.84 bits per heavy atom. The maximum Gasteiger partial charge on any atom is 0.573 e. The minimum Gasteiger partial charge on any atom is -0.443 e. The van der Waals surface area contributed by atoms with E-state index in [0.717, 1.165) is 12.1 Å². The van der Waals surface area contributed by atoms with Gasteiger partial charge in [0.2, 0.25) is 0 Å². The lowest BCUT2D eigenvalue weighted by Crippen LogP contribution is -2.36. The summed E-state index contributed by atoms with van der Waals surface area (Å²) in [6, 6.07) is 3.95. The number of anilines is 1. The molecule has 1 aromatic carbocycles. The van der Waals surface area contributed by atoms with Crippen LogP contribution in [0.25, 0.3) is 0 Å². The summed E-state index contributed by atoms with van der Waals surface area (Å²) in [5.41, 5.74) is 3.49. The molecule has 7 N–H and O–H groups in total. The highest BCUT2D eigenvalue weighted by molar-refractivity contribution is 5.88. The zero-order chi connectivity index (χ0) is 19.7. The van der Waals surface area contributed by atoms with Crippen LogP contribution in [0.1, 0.15) is 20.8 Å². The molecule has 0 fully saturated rings. The van der Waals surface area contributed by atoms with Gasteiger partial charge in [0.25, 0.3) is 0 Å². The van der Waals surface area contributed by atoms with Crippen molar-refractivity contribution in [3.63, 3.8) is 0 Å². The van der Waals surface area contributed by atoms with Crippen molar-refractivity contribution in [2.24, 2.45) is 11.7 Å². The van der Waals surface area contributed by atoms with E-state index in [0.29, 0.717) is 0 Å². The lowest BCUT2D eigenvalue weighted by molar-refractivity contribution is -0.274. The Morgan fingerprint density at radius 2 is 1.52 bits per heavy atom. The van der Waals surface area contributed by atoms with Crippen LogP contribution < -0.4 is 32.6 Å². The quantitative estimate of drug-likeness (QED) is 0.307. The van der Waals surface area contributed by atoms with Crippen molar-refractivity contribution in [3.05, 3.63) is 24.3 Å². The van der Waals surface area contributed by atoms with Gasteiger partial charge in [-0.15, -0.1) is 13.2 Å². The molecule has 9 nitrogen and oxygen atoms in total. The summed E-state index contributed by atoms with van der Waals surface area (Å²) in [6.07, 6.45) is -5.34. The van der Waals surface area contributed by atoms with E-state index in [1.807, 2.05) is 5.43 Å². The fraction of sp³-hybridized carbons (Fsp3) is 0.385. The normalized spacial score (nSPS) is 10.7. The first kappa shape index (κ1) is 22.3. The number of hydrazine groups is 2. The van der Waals surface area contributed by atoms with Gasteiger partial charge in [0.1, 0.15) is 11.4 Å². The molecule has 0 radical (unpaired) electrons. The first-order valence-electron chi connectivity index (χ1n) is 6.69. The molecule has 1 aromatic rings. The smallest absolute Gasteiger partial charge is 0.443 e. The molecule has 0 aliphatic rings. The summed E-state index contributed by atoms with van der Waals surface area (Å²) in [6.45, 7) is 5.30. The van der Waals surface area contributed by atoms with Crippen LogP contribution in [0.4, 0.5) is 28.4 Å². The topological polar surface area (TPSA) is 141 Å². The minimum absolute atomic E-state index is 0.289. The Hall–Kier alpha value is -2.73. The molecule has 0 spiro atoms. The zero-order valence-electron chi connectivity index (χ0n) is 13.7. The second-order valence-corrected chi connectivity index (χ2v) is 5.32. The Morgan fingerprint density at radius 1 is 1.00 bits per heavy atom. The highest BCUT2D eigenvalue weighted by Crippen LogP contribution is 2.23.